The first-order chi connectivity index (χ1) is 27.8. The fraction of sp³-hybridized carbons (Fsp3) is 0.776. The Morgan fingerprint density at radius 2 is 1.69 bits per heavy atom. The van der Waals surface area contributed by atoms with Gasteiger partial charge >= 0.3 is 12.0 Å². The van der Waals surface area contributed by atoms with Gasteiger partial charge in [0.15, 0.2) is 9.84 Å². The number of nitrogens with zero attached hydrogens (tertiary/aromatic N) is 3. The summed E-state index contributed by atoms with van der Waals surface area (Å²) in [5.74, 6) is 2.14. The summed E-state index contributed by atoms with van der Waals surface area (Å²) in [6, 6.07) is 2.03. The van der Waals surface area contributed by atoms with Crippen LogP contribution in [0.5, 0.6) is 6.01 Å². The van der Waals surface area contributed by atoms with Crippen molar-refractivity contribution in [1.82, 2.24) is 20.2 Å². The van der Waals surface area contributed by atoms with Crippen LogP contribution in [0.15, 0.2) is 53.9 Å². The highest BCUT2D eigenvalue weighted by atomic mass is 32.2. The zero-order valence-corrected chi connectivity index (χ0v) is 38.4. The molecule has 4 fully saturated rings. The van der Waals surface area contributed by atoms with Gasteiger partial charge in [-0.3, -0.25) is 4.79 Å². The molecular weight excluding hydrogens is 757 g/mol. The van der Waals surface area contributed by atoms with E-state index in [-0.39, 0.29) is 33.8 Å². The summed E-state index contributed by atoms with van der Waals surface area (Å²) in [5.41, 5.74) is 4.08. The maximum Gasteiger partial charge on any atom is 0.316 e. The highest BCUT2D eigenvalue weighted by molar-refractivity contribution is 7.91. The third-order valence-electron chi connectivity index (χ3n) is 18.0. The standard InChI is InChI=1S/C49H76N4O5S/c1-35(2)37-14-22-49(52-28-29-53-30-33-59(56,57)34-31-53)24-23-47(8)39(41(37)49)11-9-17-46(47,7)19-16-40-44(3,4)18-15-38(45(40,5)6)36-12-20-48(21-13-36,42(54)55)25-32-58-43-50-26-10-27-51-43/h10,12,15,26-27,37,39-41,52H,1,9,11,13-14,16-25,28-34H2,2-8H3,(H,54,55)/t37-,39+,40+,41+,46-,47+,48?,49-/m0/s1. The van der Waals surface area contributed by atoms with Crippen LogP contribution >= 0.6 is 0 Å². The summed E-state index contributed by atoms with van der Waals surface area (Å²) in [6.07, 6.45) is 22.6. The Hall–Kier alpha value is -2.56. The van der Waals surface area contributed by atoms with Crippen LogP contribution < -0.4 is 10.1 Å². The molecule has 8 atom stereocenters. The van der Waals surface area contributed by atoms with E-state index in [2.05, 4.69) is 87.4 Å². The van der Waals surface area contributed by atoms with Crippen molar-refractivity contribution in [2.24, 2.45) is 50.7 Å². The number of aromatic nitrogens is 2. The number of sulfone groups is 1. The molecule has 1 aromatic heterocycles. The van der Waals surface area contributed by atoms with E-state index in [0.717, 1.165) is 25.9 Å². The minimum atomic E-state index is -2.88. The molecule has 0 radical (unpaired) electrons. The van der Waals surface area contributed by atoms with Gasteiger partial charge in [-0.2, -0.15) is 0 Å². The van der Waals surface area contributed by atoms with E-state index in [0.29, 0.717) is 73.5 Å². The first-order valence-electron chi connectivity index (χ1n) is 23.1. The van der Waals surface area contributed by atoms with E-state index in [1.807, 2.05) is 0 Å². The Bertz CT molecular complexity index is 1880. The molecule has 59 heavy (non-hydrogen) atoms. The summed E-state index contributed by atoms with van der Waals surface area (Å²) < 4.78 is 29.9. The highest BCUT2D eigenvalue weighted by Crippen LogP contribution is 2.69. The van der Waals surface area contributed by atoms with Gasteiger partial charge in [-0.15, -0.1) is 0 Å². The number of hydrogen-bond acceptors (Lipinski definition) is 8. The fourth-order valence-corrected chi connectivity index (χ4v) is 15.4. The van der Waals surface area contributed by atoms with Gasteiger partial charge in [-0.25, -0.2) is 18.4 Å². The fourth-order valence-electron chi connectivity index (χ4n) is 14.2. The number of fused-ring (bicyclic) bond motifs is 3. The van der Waals surface area contributed by atoms with Gasteiger partial charge in [0, 0.05) is 44.1 Å². The molecular formula is C49H76N4O5S. The lowest BCUT2D eigenvalue weighted by Gasteiger charge is -2.64. The van der Waals surface area contributed by atoms with Gasteiger partial charge in [0.2, 0.25) is 0 Å². The van der Waals surface area contributed by atoms with Gasteiger partial charge in [0.1, 0.15) is 0 Å². The molecule has 9 nitrogen and oxygen atoms in total. The molecule has 2 N–H and O–H groups in total. The van der Waals surface area contributed by atoms with Crippen LogP contribution in [0.2, 0.25) is 0 Å². The normalized spacial score (nSPS) is 37.7. The number of carboxylic acid groups (broad SMARTS) is 1. The Morgan fingerprint density at radius 1 is 0.966 bits per heavy atom. The lowest BCUT2D eigenvalue weighted by Crippen LogP contribution is -2.63. The van der Waals surface area contributed by atoms with Gasteiger partial charge in [-0.05, 0) is 153 Å². The van der Waals surface area contributed by atoms with E-state index in [4.69, 9.17) is 4.74 Å². The maximum absolute atomic E-state index is 12.8. The monoisotopic (exact) mass is 833 g/mol. The molecule has 10 heteroatoms. The second-order valence-electron chi connectivity index (χ2n) is 21.8. The minimum absolute atomic E-state index is 0.0312. The van der Waals surface area contributed by atoms with E-state index in [9.17, 15) is 18.3 Å². The Labute approximate surface area is 356 Å². The molecule has 1 aliphatic heterocycles. The first-order valence-corrected chi connectivity index (χ1v) is 25.0. The third-order valence-corrected chi connectivity index (χ3v) is 19.6. The van der Waals surface area contributed by atoms with Gasteiger partial charge in [0.25, 0.3) is 0 Å². The lowest BCUT2D eigenvalue weighted by molar-refractivity contribution is -0.150. The van der Waals surface area contributed by atoms with E-state index in [1.54, 1.807) is 18.5 Å². The van der Waals surface area contributed by atoms with E-state index >= 15 is 0 Å². The molecule has 328 valence electrons. The maximum atomic E-state index is 12.8. The van der Waals surface area contributed by atoms with Crippen molar-refractivity contribution in [3.63, 3.8) is 0 Å². The number of carboxylic acids is 1. The molecule has 2 heterocycles. The van der Waals surface area contributed by atoms with Gasteiger partial charge < -0.3 is 20.1 Å². The number of rotatable bonds is 14. The lowest BCUT2D eigenvalue weighted by atomic mass is 9.42. The Balaban J connectivity index is 1.05. The van der Waals surface area contributed by atoms with E-state index in [1.165, 1.54) is 74.5 Å². The van der Waals surface area contributed by atoms with Crippen LogP contribution in [0.25, 0.3) is 0 Å². The summed E-state index contributed by atoms with van der Waals surface area (Å²) in [6.45, 7) is 25.6. The highest BCUT2D eigenvalue weighted by Gasteiger charge is 2.64. The number of aliphatic carboxylic acids is 1. The topological polar surface area (TPSA) is 122 Å². The molecule has 1 aromatic rings. The molecule has 6 aliphatic rings. The molecule has 5 aliphatic carbocycles. The van der Waals surface area contributed by atoms with Crippen LogP contribution in [0, 0.1) is 50.7 Å². The minimum Gasteiger partial charge on any atom is -0.481 e. The average molecular weight is 833 g/mol. The smallest absolute Gasteiger partial charge is 0.316 e. The molecule has 0 amide bonds. The van der Waals surface area contributed by atoms with Crippen molar-refractivity contribution in [3.8, 4) is 6.01 Å². The van der Waals surface area contributed by atoms with Crippen molar-refractivity contribution >= 4 is 15.8 Å². The van der Waals surface area contributed by atoms with Crippen molar-refractivity contribution in [2.45, 2.75) is 144 Å². The third kappa shape index (κ3) is 8.50. The summed E-state index contributed by atoms with van der Waals surface area (Å²) >= 11 is 0. The van der Waals surface area contributed by atoms with Crippen molar-refractivity contribution in [2.75, 3.05) is 44.3 Å². The number of allylic oxidation sites excluding steroid dienone is 5. The SMILES string of the molecule is C=C(C)[C@@H]1CC[C@]2(NCCN3CCS(=O)(=O)CC3)CC[C@]3(C)[C@H](CCC[C@@]3(C)CC[C@@H]3C(C)(C)CC=C(C4=CCC(CCOc5ncccn5)(C(=O)O)CC4)C3(C)C)[C@@H]12. The molecule has 0 spiro atoms. The predicted molar refractivity (Wildman–Crippen MR) is 237 cm³/mol. The first kappa shape index (κ1) is 44.5. The summed E-state index contributed by atoms with van der Waals surface area (Å²) in [5, 5.41) is 14.7. The average Bonchev–Trinajstić information content (AvgIpc) is 3.57. The molecule has 3 saturated carbocycles. The molecule has 0 bridgehead atoms. The zero-order chi connectivity index (χ0) is 42.5. The van der Waals surface area contributed by atoms with Crippen molar-refractivity contribution in [1.29, 1.82) is 0 Å². The Kier molecular flexibility index (Phi) is 12.5. The van der Waals surface area contributed by atoms with Crippen molar-refractivity contribution < 1.29 is 23.1 Å². The largest absolute Gasteiger partial charge is 0.481 e. The zero-order valence-electron chi connectivity index (χ0n) is 37.6. The predicted octanol–water partition coefficient (Wildman–Crippen LogP) is 9.47. The van der Waals surface area contributed by atoms with Crippen LogP contribution in [0.4, 0.5) is 0 Å². The number of hydrogen-bond donors (Lipinski definition) is 2. The van der Waals surface area contributed by atoms with Gasteiger partial charge in [0.05, 0.1) is 23.5 Å². The van der Waals surface area contributed by atoms with Crippen LogP contribution in [-0.2, 0) is 14.6 Å². The van der Waals surface area contributed by atoms with Crippen molar-refractivity contribution in [3.05, 3.63) is 53.9 Å². The molecule has 1 unspecified atom stereocenters. The van der Waals surface area contributed by atoms with Crippen LogP contribution in [0.1, 0.15) is 138 Å². The van der Waals surface area contributed by atoms with E-state index < -0.39 is 21.2 Å². The van der Waals surface area contributed by atoms with Gasteiger partial charge in [-0.1, -0.05) is 72.3 Å². The second kappa shape index (κ2) is 16.6. The Morgan fingerprint density at radius 3 is 2.36 bits per heavy atom. The molecule has 1 saturated heterocycles. The van der Waals surface area contributed by atoms with Crippen LogP contribution in [-0.4, -0.2) is 84.2 Å². The van der Waals surface area contributed by atoms with Crippen LogP contribution in [0.3, 0.4) is 0 Å². The quantitative estimate of drug-likeness (QED) is 0.177. The summed E-state index contributed by atoms with van der Waals surface area (Å²) in [7, 11) is -2.88. The number of ether oxygens (including phenoxy) is 1. The second-order valence-corrected chi connectivity index (χ2v) is 24.1. The molecule has 0 aromatic carbocycles. The molecule has 7 rings (SSSR count). The number of carbonyl (C=O) groups is 1. The summed E-state index contributed by atoms with van der Waals surface area (Å²) in [4.78, 5) is 23.4. The number of nitrogens with one attached hydrogen (secondary N) is 1.